The molecule has 0 saturated carbocycles. The summed E-state index contributed by atoms with van der Waals surface area (Å²) in [6, 6.07) is 73.4. The fraction of sp³-hybridized carbons (Fsp3) is 0. The number of anilines is 3. The molecule has 0 bridgehead atoms. The Balaban J connectivity index is 1.08. The zero-order valence-corrected chi connectivity index (χ0v) is 31.4. The Labute approximate surface area is 327 Å². The summed E-state index contributed by atoms with van der Waals surface area (Å²) in [6.07, 6.45) is 0. The molecule has 0 saturated heterocycles. The predicted octanol–water partition coefficient (Wildman–Crippen LogP) is 16.0. The summed E-state index contributed by atoms with van der Waals surface area (Å²) < 4.78 is 5.30. The third kappa shape index (κ3) is 5.43. The van der Waals surface area contributed by atoms with Crippen LogP contribution in [-0.4, -0.2) is 0 Å². The molecule has 11 aromatic rings. The molecule has 0 aliphatic rings. The Bertz CT molecular complexity index is 3220. The van der Waals surface area contributed by atoms with Crippen LogP contribution in [0.5, 0.6) is 0 Å². The molecule has 2 heterocycles. The first-order valence-electron chi connectivity index (χ1n) is 18.7. The molecule has 0 aliphatic heterocycles. The molecule has 11 rings (SSSR count). The summed E-state index contributed by atoms with van der Waals surface area (Å²) in [4.78, 5) is 2.43. The molecule has 1 nitrogen and oxygen atoms in total. The maximum atomic E-state index is 2.43. The van der Waals surface area contributed by atoms with Gasteiger partial charge in [0.2, 0.25) is 0 Å². The summed E-state index contributed by atoms with van der Waals surface area (Å²) in [7, 11) is 0. The van der Waals surface area contributed by atoms with Crippen LogP contribution < -0.4 is 4.90 Å². The molecule has 0 unspecified atom stereocenters. The Morgan fingerprint density at radius 1 is 0.309 bits per heavy atom. The van der Waals surface area contributed by atoms with Gasteiger partial charge in [0.05, 0.1) is 5.69 Å². The minimum Gasteiger partial charge on any atom is -0.310 e. The van der Waals surface area contributed by atoms with Crippen molar-refractivity contribution in [3.63, 3.8) is 0 Å². The van der Waals surface area contributed by atoms with Crippen LogP contribution in [0.2, 0.25) is 0 Å². The normalized spacial score (nSPS) is 11.6. The Morgan fingerprint density at radius 2 is 0.836 bits per heavy atom. The first-order valence-corrected chi connectivity index (χ1v) is 20.3. The second kappa shape index (κ2) is 13.1. The van der Waals surface area contributed by atoms with E-state index in [0.717, 1.165) is 17.1 Å². The largest absolute Gasteiger partial charge is 0.310 e. The molecule has 0 amide bonds. The second-order valence-electron chi connectivity index (χ2n) is 14.1. The number of thiophene rings is 2. The molecule has 0 aliphatic carbocycles. The van der Waals surface area contributed by atoms with Crippen molar-refractivity contribution in [3.05, 3.63) is 200 Å². The van der Waals surface area contributed by atoms with Crippen LogP contribution in [-0.2, 0) is 0 Å². The molecule has 0 fully saturated rings. The van der Waals surface area contributed by atoms with Gasteiger partial charge in [-0.3, -0.25) is 0 Å². The van der Waals surface area contributed by atoms with Gasteiger partial charge in [-0.15, -0.1) is 22.7 Å². The van der Waals surface area contributed by atoms with Crippen LogP contribution in [0.4, 0.5) is 17.1 Å². The van der Waals surface area contributed by atoms with E-state index >= 15 is 0 Å². The average molecular weight is 736 g/mol. The van der Waals surface area contributed by atoms with Crippen molar-refractivity contribution >= 4 is 90.9 Å². The van der Waals surface area contributed by atoms with Crippen LogP contribution in [0.15, 0.2) is 200 Å². The molecule has 2 aromatic heterocycles. The van der Waals surface area contributed by atoms with Gasteiger partial charge in [-0.2, -0.15) is 0 Å². The van der Waals surface area contributed by atoms with Gasteiger partial charge in [0, 0.05) is 57.3 Å². The van der Waals surface area contributed by atoms with Gasteiger partial charge in [0.25, 0.3) is 0 Å². The maximum absolute atomic E-state index is 2.43. The summed E-state index contributed by atoms with van der Waals surface area (Å²) in [5.41, 5.74) is 10.7. The molecule has 55 heavy (non-hydrogen) atoms. The molecule has 3 heteroatoms. The average Bonchev–Trinajstić information content (AvgIpc) is 3.83. The van der Waals surface area contributed by atoms with Crippen molar-refractivity contribution in [1.29, 1.82) is 0 Å². The Morgan fingerprint density at radius 3 is 1.56 bits per heavy atom. The van der Waals surface area contributed by atoms with Gasteiger partial charge < -0.3 is 4.90 Å². The van der Waals surface area contributed by atoms with E-state index in [9.17, 15) is 0 Å². The molecule has 0 atom stereocenters. The lowest BCUT2D eigenvalue weighted by Gasteiger charge is -2.28. The number of nitrogens with zero attached hydrogens (tertiary/aromatic N) is 1. The number of fused-ring (bicyclic) bond motifs is 7. The van der Waals surface area contributed by atoms with Crippen LogP contribution in [0.1, 0.15) is 0 Å². The highest BCUT2D eigenvalue weighted by molar-refractivity contribution is 7.26. The van der Waals surface area contributed by atoms with Gasteiger partial charge >= 0.3 is 0 Å². The Kier molecular flexibility index (Phi) is 7.61. The van der Waals surface area contributed by atoms with Crippen molar-refractivity contribution in [2.24, 2.45) is 0 Å². The van der Waals surface area contributed by atoms with Crippen molar-refractivity contribution < 1.29 is 0 Å². The van der Waals surface area contributed by atoms with E-state index in [1.165, 1.54) is 84.5 Å². The van der Waals surface area contributed by atoms with Gasteiger partial charge in [0.15, 0.2) is 0 Å². The van der Waals surface area contributed by atoms with E-state index in [0.29, 0.717) is 0 Å². The number of benzene rings is 9. The molecular formula is C52H33NS2. The number of hydrogen-bond donors (Lipinski definition) is 0. The lowest BCUT2D eigenvalue weighted by Crippen LogP contribution is -2.11. The smallest absolute Gasteiger partial charge is 0.0540 e. The van der Waals surface area contributed by atoms with Crippen LogP contribution in [0.3, 0.4) is 0 Å². The SMILES string of the molecule is c1cc(-c2cccc3c2sc2ccccc23)cc(N(c2ccc(-c3cccc4c3sc3ccccc34)cc2)c2ccccc2-c2ccc3ccccc3c2)c1. The lowest BCUT2D eigenvalue weighted by molar-refractivity contribution is 1.28. The fourth-order valence-corrected chi connectivity index (χ4v) is 10.7. The summed E-state index contributed by atoms with van der Waals surface area (Å²) in [5.74, 6) is 0. The van der Waals surface area contributed by atoms with E-state index < -0.39 is 0 Å². The zero-order chi connectivity index (χ0) is 36.3. The minimum absolute atomic E-state index is 1.11. The summed E-state index contributed by atoms with van der Waals surface area (Å²) in [6.45, 7) is 0. The molecule has 9 aromatic carbocycles. The first-order chi connectivity index (χ1) is 27.3. The predicted molar refractivity (Wildman–Crippen MR) is 241 cm³/mol. The quantitative estimate of drug-likeness (QED) is 0.164. The molecule has 258 valence electrons. The molecule has 0 N–H and O–H groups in total. The third-order valence-electron chi connectivity index (χ3n) is 10.9. The van der Waals surface area contributed by atoms with Gasteiger partial charge in [-0.25, -0.2) is 0 Å². The van der Waals surface area contributed by atoms with Gasteiger partial charge in [-0.05, 0) is 87.1 Å². The van der Waals surface area contributed by atoms with Crippen LogP contribution in [0.25, 0.3) is 84.5 Å². The van der Waals surface area contributed by atoms with E-state index in [2.05, 4.69) is 205 Å². The minimum atomic E-state index is 1.11. The van der Waals surface area contributed by atoms with Gasteiger partial charge in [-0.1, -0.05) is 152 Å². The highest BCUT2D eigenvalue weighted by Gasteiger charge is 2.20. The van der Waals surface area contributed by atoms with Crippen molar-refractivity contribution in [1.82, 2.24) is 0 Å². The lowest BCUT2D eigenvalue weighted by atomic mass is 9.97. The highest BCUT2D eigenvalue weighted by Crippen LogP contribution is 2.46. The van der Waals surface area contributed by atoms with E-state index in [1.807, 2.05) is 22.7 Å². The molecule has 0 spiro atoms. The third-order valence-corrected chi connectivity index (χ3v) is 13.3. The van der Waals surface area contributed by atoms with Crippen molar-refractivity contribution in [2.45, 2.75) is 0 Å². The zero-order valence-electron chi connectivity index (χ0n) is 29.8. The summed E-state index contributed by atoms with van der Waals surface area (Å²) in [5, 5.41) is 7.75. The van der Waals surface area contributed by atoms with Crippen LogP contribution >= 0.6 is 22.7 Å². The summed E-state index contributed by atoms with van der Waals surface area (Å²) >= 11 is 3.76. The van der Waals surface area contributed by atoms with E-state index in [1.54, 1.807) is 0 Å². The number of para-hydroxylation sites is 1. The molecule has 0 radical (unpaired) electrons. The number of rotatable bonds is 6. The second-order valence-corrected chi connectivity index (χ2v) is 16.2. The Hall–Kier alpha value is -6.52. The highest BCUT2D eigenvalue weighted by atomic mass is 32.1. The maximum Gasteiger partial charge on any atom is 0.0540 e. The topological polar surface area (TPSA) is 3.24 Å². The molecular weight excluding hydrogens is 703 g/mol. The van der Waals surface area contributed by atoms with Crippen LogP contribution in [0, 0.1) is 0 Å². The first kappa shape index (κ1) is 32.0. The standard InChI is InChI=1S/C52H33NS2/c1-2-13-36-32-38(27-26-34(36)12-1)41-16-3-6-23-48(41)53(39-30-28-35(29-31-39)42-19-10-21-46-44-17-4-7-24-49(44)54-51(42)46)40-15-9-14-37(33-40)43-20-11-22-47-45-18-5-8-25-50(45)55-52(43)47/h1-33H. The fourth-order valence-electron chi connectivity index (χ4n) is 8.25. The van der Waals surface area contributed by atoms with Crippen molar-refractivity contribution in [2.75, 3.05) is 4.90 Å². The van der Waals surface area contributed by atoms with Gasteiger partial charge in [0.1, 0.15) is 0 Å². The van der Waals surface area contributed by atoms with Crippen molar-refractivity contribution in [3.8, 4) is 33.4 Å². The number of hydrogen-bond acceptors (Lipinski definition) is 3. The van der Waals surface area contributed by atoms with E-state index in [4.69, 9.17) is 0 Å². The monoisotopic (exact) mass is 735 g/mol. The van der Waals surface area contributed by atoms with E-state index in [-0.39, 0.29) is 0 Å².